The molecule has 0 spiro atoms. The number of aromatic nitrogens is 3. The number of rotatable bonds is 7. The van der Waals surface area contributed by atoms with Gasteiger partial charge in [0.05, 0.1) is 16.5 Å². The Hall–Kier alpha value is -2.30. The third-order valence-corrected chi connectivity index (χ3v) is 6.09. The van der Waals surface area contributed by atoms with Gasteiger partial charge >= 0.3 is 0 Å². The molecule has 0 aliphatic heterocycles. The molecule has 1 aromatic carbocycles. The summed E-state index contributed by atoms with van der Waals surface area (Å²) in [5.74, 6) is 0.980. The number of halogens is 1. The Kier molecular flexibility index (Phi) is 6.11. The summed E-state index contributed by atoms with van der Waals surface area (Å²) >= 11 is 3.31. The smallest absolute Gasteiger partial charge is 0.245 e. The molecule has 0 bridgehead atoms. The zero-order valence-corrected chi connectivity index (χ0v) is 17.9. The predicted molar refractivity (Wildman–Crippen MR) is 106 cm³/mol. The van der Waals surface area contributed by atoms with E-state index in [-0.39, 0.29) is 16.7 Å². The Morgan fingerprint density at radius 1 is 1.18 bits per heavy atom. The lowest BCUT2D eigenvalue weighted by Gasteiger charge is -2.19. The van der Waals surface area contributed by atoms with Crippen LogP contribution in [0.25, 0.3) is 11.4 Å². The molecule has 1 N–H and O–H groups in total. The third-order valence-electron chi connectivity index (χ3n) is 4.03. The Morgan fingerprint density at radius 3 is 2.50 bits per heavy atom. The molecule has 0 aliphatic carbocycles. The number of nitrogens with zero attached hydrogens (tertiary/aromatic N) is 3. The second-order valence-electron chi connectivity index (χ2n) is 6.33. The third kappa shape index (κ3) is 4.40. The number of hydrogen-bond donors (Lipinski definition) is 1. The molecule has 8 nitrogen and oxygen atoms in total. The van der Waals surface area contributed by atoms with Crippen molar-refractivity contribution in [1.29, 1.82) is 0 Å². The van der Waals surface area contributed by atoms with Gasteiger partial charge in [0.25, 0.3) is 0 Å². The molecular weight excluding hydrogens is 448 g/mol. The van der Waals surface area contributed by atoms with Gasteiger partial charge in [0.2, 0.25) is 21.7 Å². The van der Waals surface area contributed by atoms with Crippen molar-refractivity contribution in [2.75, 3.05) is 7.11 Å². The highest BCUT2D eigenvalue weighted by Gasteiger charge is 2.29. The summed E-state index contributed by atoms with van der Waals surface area (Å²) in [6, 6.07) is 7.34. The maximum atomic E-state index is 12.9. The highest BCUT2D eigenvalue weighted by molar-refractivity contribution is 9.10. The Balaban J connectivity index is 1.89. The molecule has 3 rings (SSSR count). The molecule has 0 fully saturated rings. The van der Waals surface area contributed by atoms with Crippen LogP contribution < -0.4 is 9.46 Å². The molecule has 1 unspecified atom stereocenters. The lowest BCUT2D eigenvalue weighted by atomic mass is 10.1. The van der Waals surface area contributed by atoms with Crippen molar-refractivity contribution in [3.05, 3.63) is 53.1 Å². The molecule has 1 atom stereocenters. The fourth-order valence-electron chi connectivity index (χ4n) is 2.50. The first-order valence-corrected chi connectivity index (χ1v) is 10.7. The van der Waals surface area contributed by atoms with Gasteiger partial charge in [0.1, 0.15) is 11.8 Å². The van der Waals surface area contributed by atoms with Crippen LogP contribution in [0.2, 0.25) is 0 Å². The van der Waals surface area contributed by atoms with E-state index < -0.39 is 16.1 Å². The molecule has 28 heavy (non-hydrogen) atoms. The van der Waals surface area contributed by atoms with Crippen LogP contribution in [0.5, 0.6) is 5.75 Å². The van der Waals surface area contributed by atoms with Crippen molar-refractivity contribution >= 4 is 26.0 Å². The van der Waals surface area contributed by atoms with E-state index in [0.29, 0.717) is 16.0 Å². The maximum Gasteiger partial charge on any atom is 0.245 e. The standard InChI is InChI=1S/C18H19BrN4O4S/c1-11(2)16(18-21-17(22-27-18)12-6-8-20-9-7-12)23-28(24,25)13-4-5-15(26-3)14(19)10-13/h4-11,16,23H,1-3H3. The van der Waals surface area contributed by atoms with Gasteiger partial charge in [-0.25, -0.2) is 8.42 Å². The summed E-state index contributed by atoms with van der Waals surface area (Å²) in [7, 11) is -2.32. The van der Waals surface area contributed by atoms with Gasteiger partial charge < -0.3 is 9.26 Å². The van der Waals surface area contributed by atoms with Gasteiger partial charge in [0, 0.05) is 18.0 Å². The molecule has 0 amide bonds. The van der Waals surface area contributed by atoms with E-state index in [2.05, 4.69) is 35.8 Å². The number of ether oxygens (including phenoxy) is 1. The molecule has 0 saturated carbocycles. The summed E-state index contributed by atoms with van der Waals surface area (Å²) in [6.07, 6.45) is 3.24. The molecule has 0 aliphatic rings. The van der Waals surface area contributed by atoms with Gasteiger partial charge in [-0.2, -0.15) is 9.71 Å². The number of pyridine rings is 1. The SMILES string of the molecule is COc1ccc(S(=O)(=O)NC(c2nc(-c3ccncc3)no2)C(C)C)cc1Br. The Labute approximate surface area is 171 Å². The minimum Gasteiger partial charge on any atom is -0.496 e. The van der Waals surface area contributed by atoms with Gasteiger partial charge in [-0.05, 0) is 52.2 Å². The van der Waals surface area contributed by atoms with Crippen LogP contribution in [-0.4, -0.2) is 30.7 Å². The maximum absolute atomic E-state index is 12.9. The van der Waals surface area contributed by atoms with Crippen molar-refractivity contribution in [1.82, 2.24) is 19.8 Å². The van der Waals surface area contributed by atoms with Gasteiger partial charge in [0.15, 0.2) is 0 Å². The van der Waals surface area contributed by atoms with E-state index >= 15 is 0 Å². The fourth-order valence-corrected chi connectivity index (χ4v) is 4.56. The molecule has 2 heterocycles. The molecule has 2 aromatic heterocycles. The quantitative estimate of drug-likeness (QED) is 0.566. The number of sulfonamides is 1. The van der Waals surface area contributed by atoms with Crippen molar-refractivity contribution in [3.8, 4) is 17.1 Å². The van der Waals surface area contributed by atoms with Crippen molar-refractivity contribution in [2.24, 2.45) is 5.92 Å². The van der Waals surface area contributed by atoms with E-state index in [1.54, 1.807) is 30.6 Å². The van der Waals surface area contributed by atoms with E-state index in [4.69, 9.17) is 9.26 Å². The van der Waals surface area contributed by atoms with Crippen LogP contribution in [0.15, 0.2) is 56.6 Å². The Morgan fingerprint density at radius 2 is 1.89 bits per heavy atom. The molecule has 0 saturated heterocycles. The van der Waals surface area contributed by atoms with Gasteiger partial charge in [-0.15, -0.1) is 0 Å². The normalized spacial score (nSPS) is 12.9. The largest absolute Gasteiger partial charge is 0.496 e. The van der Waals surface area contributed by atoms with Crippen LogP contribution in [0.4, 0.5) is 0 Å². The average Bonchev–Trinajstić information content (AvgIpc) is 3.16. The molecule has 10 heteroatoms. The van der Waals surface area contributed by atoms with Crippen LogP contribution in [0, 0.1) is 5.92 Å². The van der Waals surface area contributed by atoms with Crippen LogP contribution in [-0.2, 0) is 10.0 Å². The fraction of sp³-hybridized carbons (Fsp3) is 0.278. The summed E-state index contributed by atoms with van der Waals surface area (Å²) < 4.78 is 39.4. The molecule has 0 radical (unpaired) electrons. The zero-order valence-electron chi connectivity index (χ0n) is 15.5. The number of hydrogen-bond acceptors (Lipinski definition) is 7. The molecule has 3 aromatic rings. The summed E-state index contributed by atoms with van der Waals surface area (Å²) in [5, 5.41) is 3.96. The average molecular weight is 467 g/mol. The number of methoxy groups -OCH3 is 1. The second kappa shape index (κ2) is 8.38. The number of benzene rings is 1. The van der Waals surface area contributed by atoms with E-state index in [1.807, 2.05) is 13.8 Å². The predicted octanol–water partition coefficient (Wildman–Crippen LogP) is 3.58. The van der Waals surface area contributed by atoms with E-state index in [0.717, 1.165) is 5.56 Å². The zero-order chi connectivity index (χ0) is 20.3. The highest BCUT2D eigenvalue weighted by atomic mass is 79.9. The summed E-state index contributed by atoms with van der Waals surface area (Å²) in [5.41, 5.74) is 0.731. The van der Waals surface area contributed by atoms with E-state index in [9.17, 15) is 8.42 Å². The minimum atomic E-state index is -3.83. The van der Waals surface area contributed by atoms with E-state index in [1.165, 1.54) is 19.2 Å². The first-order chi connectivity index (χ1) is 13.3. The second-order valence-corrected chi connectivity index (χ2v) is 8.90. The lowest BCUT2D eigenvalue weighted by Crippen LogP contribution is -2.32. The Bertz CT molecular complexity index is 1050. The van der Waals surface area contributed by atoms with Crippen molar-refractivity contribution < 1.29 is 17.7 Å². The van der Waals surface area contributed by atoms with Gasteiger partial charge in [-0.1, -0.05) is 19.0 Å². The first-order valence-electron chi connectivity index (χ1n) is 8.41. The topological polar surface area (TPSA) is 107 Å². The van der Waals surface area contributed by atoms with Crippen molar-refractivity contribution in [2.45, 2.75) is 24.8 Å². The highest BCUT2D eigenvalue weighted by Crippen LogP contribution is 2.29. The molecule has 148 valence electrons. The van der Waals surface area contributed by atoms with Crippen molar-refractivity contribution in [3.63, 3.8) is 0 Å². The van der Waals surface area contributed by atoms with Crippen LogP contribution >= 0.6 is 15.9 Å². The number of nitrogens with one attached hydrogen (secondary N) is 1. The lowest BCUT2D eigenvalue weighted by molar-refractivity contribution is 0.311. The summed E-state index contributed by atoms with van der Waals surface area (Å²) in [4.78, 5) is 8.41. The summed E-state index contributed by atoms with van der Waals surface area (Å²) in [6.45, 7) is 3.74. The first kappa shape index (κ1) is 20.4. The van der Waals surface area contributed by atoms with Crippen LogP contribution in [0.3, 0.4) is 0 Å². The molecular formula is C18H19BrN4O4S. The van der Waals surface area contributed by atoms with Crippen LogP contribution in [0.1, 0.15) is 25.8 Å². The minimum absolute atomic E-state index is 0.0969. The monoisotopic (exact) mass is 466 g/mol. The van der Waals surface area contributed by atoms with Gasteiger partial charge in [-0.3, -0.25) is 4.98 Å².